The molecule has 1 heterocycles. The second-order valence-corrected chi connectivity index (χ2v) is 9.85. The molecule has 1 saturated carbocycles. The summed E-state index contributed by atoms with van der Waals surface area (Å²) in [6, 6.07) is 2.90. The lowest BCUT2D eigenvalue weighted by molar-refractivity contribution is 0.173. The normalized spacial score (nSPS) is 26.7. The monoisotopic (exact) mass is 358 g/mol. The van der Waals surface area contributed by atoms with Crippen LogP contribution in [0, 0.1) is 0 Å². The molecule has 0 bridgehead atoms. The Morgan fingerprint density at radius 2 is 1.61 bits per heavy atom. The van der Waals surface area contributed by atoms with Crippen molar-refractivity contribution in [2.45, 2.75) is 84.0 Å². The van der Waals surface area contributed by atoms with Gasteiger partial charge < -0.3 is 10.6 Å². The molecule has 4 nitrogen and oxygen atoms in total. The Bertz CT molecular complexity index is 367. The summed E-state index contributed by atoms with van der Waals surface area (Å²) in [6.45, 7) is 10.5. The standard InChI is InChI=1S/C17H35N4PS/c1-13(2)20-15-9-6-7-10-16(15)21(14(3)4)22(20)12-8-11-19-17(23)18-5/h13-16H,6-12H2,1-5H3,(H2,18,19,23)/t15-,16-/m1/s1. The van der Waals surface area contributed by atoms with Crippen molar-refractivity contribution in [3.63, 3.8) is 0 Å². The van der Waals surface area contributed by atoms with Crippen molar-refractivity contribution < 1.29 is 0 Å². The van der Waals surface area contributed by atoms with Gasteiger partial charge in [-0.15, -0.1) is 0 Å². The number of fused-ring (bicyclic) bond motifs is 1. The molecule has 0 radical (unpaired) electrons. The molecule has 0 amide bonds. The molecular formula is C17H35N4PS. The maximum absolute atomic E-state index is 5.18. The highest BCUT2D eigenvalue weighted by Crippen LogP contribution is 2.59. The molecule has 2 fully saturated rings. The van der Waals surface area contributed by atoms with Gasteiger partial charge in [0.1, 0.15) is 0 Å². The van der Waals surface area contributed by atoms with E-state index in [4.69, 9.17) is 12.2 Å². The van der Waals surface area contributed by atoms with Crippen molar-refractivity contribution >= 4 is 25.6 Å². The van der Waals surface area contributed by atoms with Crippen molar-refractivity contribution in [3.05, 3.63) is 0 Å². The lowest BCUT2D eigenvalue weighted by Crippen LogP contribution is -2.43. The maximum atomic E-state index is 5.18. The number of nitrogens with zero attached hydrogens (tertiary/aromatic N) is 2. The van der Waals surface area contributed by atoms with Crippen LogP contribution in [0.4, 0.5) is 0 Å². The zero-order valence-corrected chi connectivity index (χ0v) is 17.2. The van der Waals surface area contributed by atoms with Gasteiger partial charge in [0.25, 0.3) is 0 Å². The van der Waals surface area contributed by atoms with Crippen molar-refractivity contribution in [1.29, 1.82) is 0 Å². The summed E-state index contributed by atoms with van der Waals surface area (Å²) in [7, 11) is 1.70. The zero-order chi connectivity index (χ0) is 17.0. The fourth-order valence-electron chi connectivity index (χ4n) is 4.21. The van der Waals surface area contributed by atoms with Crippen LogP contribution < -0.4 is 10.6 Å². The van der Waals surface area contributed by atoms with Crippen LogP contribution >= 0.6 is 20.4 Å². The quantitative estimate of drug-likeness (QED) is 0.431. The Morgan fingerprint density at radius 3 is 2.04 bits per heavy atom. The Kier molecular flexibility index (Phi) is 7.53. The predicted octanol–water partition coefficient (Wildman–Crippen LogP) is 3.53. The number of hydrogen-bond acceptors (Lipinski definition) is 3. The van der Waals surface area contributed by atoms with E-state index in [9.17, 15) is 0 Å². The molecule has 1 aliphatic heterocycles. The molecule has 1 aliphatic carbocycles. The highest BCUT2D eigenvalue weighted by Gasteiger charge is 2.49. The van der Waals surface area contributed by atoms with E-state index >= 15 is 0 Å². The van der Waals surface area contributed by atoms with E-state index in [2.05, 4.69) is 47.7 Å². The maximum Gasteiger partial charge on any atom is 0.166 e. The SMILES string of the molecule is CNC(=S)NCCCP1N(C(C)C)[C@@H]2CCCC[C@H]2N1C(C)C. The number of nitrogens with one attached hydrogen (secondary N) is 2. The van der Waals surface area contributed by atoms with Crippen molar-refractivity contribution in [1.82, 2.24) is 20.0 Å². The van der Waals surface area contributed by atoms with Gasteiger partial charge in [-0.2, -0.15) is 0 Å². The summed E-state index contributed by atoms with van der Waals surface area (Å²) in [6.07, 6.45) is 8.10. The summed E-state index contributed by atoms with van der Waals surface area (Å²) >= 11 is 5.18. The summed E-state index contributed by atoms with van der Waals surface area (Å²) in [4.78, 5) is 0. The van der Waals surface area contributed by atoms with Crippen LogP contribution in [0.25, 0.3) is 0 Å². The van der Waals surface area contributed by atoms with E-state index < -0.39 is 0 Å². The summed E-state index contributed by atoms with van der Waals surface area (Å²) < 4.78 is 5.77. The Morgan fingerprint density at radius 1 is 1.09 bits per heavy atom. The summed E-state index contributed by atoms with van der Waals surface area (Å²) in [5.41, 5.74) is 0. The second kappa shape index (κ2) is 8.94. The first kappa shape index (κ1) is 19.4. The molecule has 6 heteroatoms. The van der Waals surface area contributed by atoms with Crippen molar-refractivity contribution in [3.8, 4) is 0 Å². The molecular weight excluding hydrogens is 323 g/mol. The first-order valence-electron chi connectivity index (χ1n) is 9.27. The Labute approximate surface area is 149 Å². The molecule has 2 N–H and O–H groups in total. The van der Waals surface area contributed by atoms with Crippen LogP contribution in [-0.4, -0.2) is 58.4 Å². The molecule has 2 aliphatic rings. The number of hydrogen-bond donors (Lipinski definition) is 2. The van der Waals surface area contributed by atoms with Crippen molar-refractivity contribution in [2.75, 3.05) is 19.8 Å². The van der Waals surface area contributed by atoms with E-state index in [1.807, 2.05) is 7.05 Å². The predicted molar refractivity (Wildman–Crippen MR) is 106 cm³/mol. The average molecular weight is 359 g/mol. The third-order valence-corrected chi connectivity index (χ3v) is 8.66. The van der Waals surface area contributed by atoms with Gasteiger partial charge in [-0.3, -0.25) is 9.34 Å². The smallest absolute Gasteiger partial charge is 0.166 e. The van der Waals surface area contributed by atoms with Crippen LogP contribution in [0.5, 0.6) is 0 Å². The third-order valence-electron chi connectivity index (χ3n) is 5.01. The van der Waals surface area contributed by atoms with Crippen molar-refractivity contribution in [2.24, 2.45) is 0 Å². The van der Waals surface area contributed by atoms with E-state index in [0.717, 1.165) is 23.7 Å². The van der Waals surface area contributed by atoms with Gasteiger partial charge >= 0.3 is 0 Å². The van der Waals surface area contributed by atoms with Crippen LogP contribution in [-0.2, 0) is 0 Å². The molecule has 0 unspecified atom stereocenters. The first-order chi connectivity index (χ1) is 11.0. The molecule has 1 saturated heterocycles. The Balaban J connectivity index is 2.03. The Hall–Kier alpha value is 0.0400. The highest BCUT2D eigenvalue weighted by molar-refractivity contribution is 7.80. The third kappa shape index (κ3) is 4.56. The highest BCUT2D eigenvalue weighted by atomic mass is 32.1. The molecule has 2 rings (SSSR count). The summed E-state index contributed by atoms with van der Waals surface area (Å²) in [5, 5.41) is 7.06. The molecule has 2 atom stereocenters. The lowest BCUT2D eigenvalue weighted by atomic mass is 9.89. The van der Waals surface area contributed by atoms with Gasteiger partial charge in [-0.25, -0.2) is 0 Å². The molecule has 0 aromatic rings. The van der Waals surface area contributed by atoms with Gasteiger partial charge in [0.05, 0.1) is 0 Å². The minimum atomic E-state index is -0.173. The van der Waals surface area contributed by atoms with Crippen LogP contribution in [0.15, 0.2) is 0 Å². The fourth-order valence-corrected chi connectivity index (χ4v) is 7.74. The molecule has 23 heavy (non-hydrogen) atoms. The van der Waals surface area contributed by atoms with E-state index in [1.165, 1.54) is 38.3 Å². The van der Waals surface area contributed by atoms with Gasteiger partial charge in [-0.05, 0) is 65.3 Å². The lowest BCUT2D eigenvalue weighted by Gasteiger charge is -2.36. The topological polar surface area (TPSA) is 30.5 Å². The number of rotatable bonds is 6. The van der Waals surface area contributed by atoms with Gasteiger partial charge in [0.2, 0.25) is 0 Å². The minimum absolute atomic E-state index is 0.173. The molecule has 0 spiro atoms. The van der Waals surface area contributed by atoms with E-state index in [1.54, 1.807) is 0 Å². The molecule has 0 aromatic heterocycles. The van der Waals surface area contributed by atoms with Gasteiger partial charge in [0, 0.05) is 46.0 Å². The van der Waals surface area contributed by atoms with Crippen LogP contribution in [0.3, 0.4) is 0 Å². The first-order valence-corrected chi connectivity index (χ1v) is 11.1. The van der Waals surface area contributed by atoms with E-state index in [0.29, 0.717) is 12.1 Å². The van der Waals surface area contributed by atoms with Crippen LogP contribution in [0.2, 0.25) is 0 Å². The largest absolute Gasteiger partial charge is 0.366 e. The average Bonchev–Trinajstić information content (AvgIpc) is 2.85. The van der Waals surface area contributed by atoms with Gasteiger partial charge in [0.15, 0.2) is 5.11 Å². The fraction of sp³-hybridized carbons (Fsp3) is 0.941. The van der Waals surface area contributed by atoms with Crippen LogP contribution in [0.1, 0.15) is 59.8 Å². The number of thiocarbonyl (C=S) groups is 1. The minimum Gasteiger partial charge on any atom is -0.366 e. The van der Waals surface area contributed by atoms with Gasteiger partial charge in [-0.1, -0.05) is 12.8 Å². The molecule has 134 valence electrons. The van der Waals surface area contributed by atoms with E-state index in [-0.39, 0.29) is 8.22 Å². The second-order valence-electron chi connectivity index (χ2n) is 7.32. The molecule has 0 aromatic carbocycles. The zero-order valence-electron chi connectivity index (χ0n) is 15.5. The summed E-state index contributed by atoms with van der Waals surface area (Å²) in [5.74, 6) is 0.